The van der Waals surface area contributed by atoms with Crippen molar-refractivity contribution in [2.45, 2.75) is 84.0 Å². The van der Waals surface area contributed by atoms with E-state index in [-0.39, 0.29) is 11.7 Å². The SMILES string of the molecule is COC1(CNC2CCCC2(C)C)CCN(C(=O)OC(C)(C)C)CC1. The zero-order valence-corrected chi connectivity index (χ0v) is 16.4. The number of carbonyl (C=O) groups excluding carboxylic acids is 1. The monoisotopic (exact) mass is 340 g/mol. The largest absolute Gasteiger partial charge is 0.444 e. The third-order valence-corrected chi connectivity index (χ3v) is 5.69. The first-order valence-electron chi connectivity index (χ1n) is 9.33. The summed E-state index contributed by atoms with van der Waals surface area (Å²) in [6.45, 7) is 12.7. The van der Waals surface area contributed by atoms with Gasteiger partial charge in [-0.25, -0.2) is 4.79 Å². The molecule has 1 unspecified atom stereocenters. The van der Waals surface area contributed by atoms with E-state index >= 15 is 0 Å². The number of nitrogens with zero attached hydrogens (tertiary/aromatic N) is 1. The Bertz CT molecular complexity index is 434. The summed E-state index contributed by atoms with van der Waals surface area (Å²) < 4.78 is 11.4. The van der Waals surface area contributed by atoms with Crippen LogP contribution in [0.2, 0.25) is 0 Å². The summed E-state index contributed by atoms with van der Waals surface area (Å²) in [5.74, 6) is 0. The molecular formula is C19H36N2O3. The average Bonchev–Trinajstić information content (AvgIpc) is 2.82. The van der Waals surface area contributed by atoms with E-state index in [9.17, 15) is 4.79 Å². The van der Waals surface area contributed by atoms with E-state index in [4.69, 9.17) is 9.47 Å². The maximum Gasteiger partial charge on any atom is 0.410 e. The minimum Gasteiger partial charge on any atom is -0.444 e. The van der Waals surface area contributed by atoms with Crippen LogP contribution in [-0.2, 0) is 9.47 Å². The topological polar surface area (TPSA) is 50.8 Å². The van der Waals surface area contributed by atoms with Crippen LogP contribution in [0.5, 0.6) is 0 Å². The number of hydrogen-bond donors (Lipinski definition) is 1. The molecule has 2 rings (SSSR count). The molecule has 1 amide bonds. The summed E-state index contributed by atoms with van der Waals surface area (Å²) in [6.07, 6.45) is 5.33. The summed E-state index contributed by atoms with van der Waals surface area (Å²) >= 11 is 0. The van der Waals surface area contributed by atoms with Crippen LogP contribution in [0.25, 0.3) is 0 Å². The van der Waals surface area contributed by atoms with Crippen molar-refractivity contribution in [1.29, 1.82) is 0 Å². The van der Waals surface area contributed by atoms with Crippen LogP contribution in [0.1, 0.15) is 66.7 Å². The number of ether oxygens (including phenoxy) is 2. The number of hydrogen-bond acceptors (Lipinski definition) is 4. The maximum absolute atomic E-state index is 12.2. The summed E-state index contributed by atoms with van der Waals surface area (Å²) in [6, 6.07) is 0.563. The lowest BCUT2D eigenvalue weighted by Crippen LogP contribution is -2.55. The van der Waals surface area contributed by atoms with Gasteiger partial charge in [0.2, 0.25) is 0 Å². The van der Waals surface area contributed by atoms with Gasteiger partial charge in [0.05, 0.1) is 5.60 Å². The Morgan fingerprint density at radius 1 is 1.21 bits per heavy atom. The summed E-state index contributed by atoms with van der Waals surface area (Å²) in [5, 5.41) is 3.76. The molecule has 1 saturated carbocycles. The van der Waals surface area contributed by atoms with E-state index in [1.54, 1.807) is 7.11 Å². The van der Waals surface area contributed by atoms with Crippen molar-refractivity contribution >= 4 is 6.09 Å². The van der Waals surface area contributed by atoms with E-state index in [1.807, 2.05) is 25.7 Å². The molecule has 0 aromatic rings. The number of rotatable bonds is 4. The molecule has 0 spiro atoms. The number of nitrogens with one attached hydrogen (secondary N) is 1. The van der Waals surface area contributed by atoms with Gasteiger partial charge in [0.25, 0.3) is 0 Å². The van der Waals surface area contributed by atoms with Crippen LogP contribution in [-0.4, -0.2) is 55.0 Å². The van der Waals surface area contributed by atoms with Crippen molar-refractivity contribution in [2.75, 3.05) is 26.7 Å². The number of piperidine rings is 1. The summed E-state index contributed by atoms with van der Waals surface area (Å²) in [4.78, 5) is 14.0. The van der Waals surface area contributed by atoms with Gasteiger partial charge in [-0.15, -0.1) is 0 Å². The van der Waals surface area contributed by atoms with Gasteiger partial charge in [0.1, 0.15) is 5.60 Å². The Kier molecular flexibility index (Phi) is 5.86. The smallest absolute Gasteiger partial charge is 0.410 e. The van der Waals surface area contributed by atoms with Crippen LogP contribution in [0.15, 0.2) is 0 Å². The lowest BCUT2D eigenvalue weighted by atomic mass is 9.85. The second kappa shape index (κ2) is 7.20. The molecule has 1 saturated heterocycles. The van der Waals surface area contributed by atoms with Gasteiger partial charge in [0.15, 0.2) is 0 Å². The molecule has 0 bridgehead atoms. The second-order valence-electron chi connectivity index (χ2n) is 9.17. The molecule has 1 aliphatic carbocycles. The van der Waals surface area contributed by atoms with Gasteiger partial charge in [-0.2, -0.15) is 0 Å². The fourth-order valence-corrected chi connectivity index (χ4v) is 3.89. The molecule has 1 N–H and O–H groups in total. The summed E-state index contributed by atoms with van der Waals surface area (Å²) in [7, 11) is 1.80. The third-order valence-electron chi connectivity index (χ3n) is 5.69. The lowest BCUT2D eigenvalue weighted by molar-refractivity contribution is -0.0611. The van der Waals surface area contributed by atoms with Gasteiger partial charge in [-0.3, -0.25) is 0 Å². The van der Waals surface area contributed by atoms with Gasteiger partial charge in [0, 0.05) is 32.8 Å². The maximum atomic E-state index is 12.2. The molecule has 2 fully saturated rings. The first-order valence-corrected chi connectivity index (χ1v) is 9.33. The fourth-order valence-electron chi connectivity index (χ4n) is 3.89. The Morgan fingerprint density at radius 3 is 2.29 bits per heavy atom. The van der Waals surface area contributed by atoms with E-state index in [0.29, 0.717) is 24.5 Å². The Hall–Kier alpha value is -0.810. The molecule has 2 aliphatic rings. The number of carbonyl (C=O) groups is 1. The van der Waals surface area contributed by atoms with E-state index in [0.717, 1.165) is 19.4 Å². The minimum absolute atomic E-state index is 0.169. The standard InChI is InChI=1S/C19H36N2O3/c1-17(2,3)24-16(22)21-12-10-19(23-6,11-13-21)14-20-15-8-7-9-18(15,4)5/h15,20H,7-14H2,1-6H3. The highest BCUT2D eigenvalue weighted by Gasteiger charge is 2.40. The zero-order chi connectivity index (χ0) is 18.0. The lowest BCUT2D eigenvalue weighted by Gasteiger charge is -2.42. The van der Waals surface area contributed by atoms with Crippen molar-refractivity contribution in [3.05, 3.63) is 0 Å². The highest BCUT2D eigenvalue weighted by Crippen LogP contribution is 2.37. The molecule has 1 aliphatic heterocycles. The van der Waals surface area contributed by atoms with Crippen molar-refractivity contribution in [3.63, 3.8) is 0 Å². The quantitative estimate of drug-likeness (QED) is 0.850. The summed E-state index contributed by atoms with van der Waals surface area (Å²) in [5.41, 5.74) is -0.244. The molecule has 0 radical (unpaired) electrons. The number of methoxy groups -OCH3 is 1. The fraction of sp³-hybridized carbons (Fsp3) is 0.947. The van der Waals surface area contributed by atoms with Crippen LogP contribution < -0.4 is 5.32 Å². The third kappa shape index (κ3) is 4.85. The van der Waals surface area contributed by atoms with E-state index < -0.39 is 5.60 Å². The first kappa shape index (κ1) is 19.5. The van der Waals surface area contributed by atoms with Gasteiger partial charge in [-0.05, 0) is 51.9 Å². The normalized spacial score (nSPS) is 26.4. The molecule has 5 heteroatoms. The zero-order valence-electron chi connectivity index (χ0n) is 16.4. The van der Waals surface area contributed by atoms with Crippen LogP contribution in [0.3, 0.4) is 0 Å². The van der Waals surface area contributed by atoms with Crippen molar-refractivity contribution in [2.24, 2.45) is 5.41 Å². The predicted octanol–water partition coefficient (Wildman–Crippen LogP) is 3.57. The molecular weight excluding hydrogens is 304 g/mol. The minimum atomic E-state index is -0.442. The van der Waals surface area contributed by atoms with E-state index in [1.165, 1.54) is 19.3 Å². The van der Waals surface area contributed by atoms with Crippen molar-refractivity contribution < 1.29 is 14.3 Å². The second-order valence-corrected chi connectivity index (χ2v) is 9.17. The number of likely N-dealkylation sites (tertiary alicyclic amines) is 1. The molecule has 0 aromatic carbocycles. The molecule has 1 atom stereocenters. The van der Waals surface area contributed by atoms with Crippen LogP contribution >= 0.6 is 0 Å². The number of amides is 1. The van der Waals surface area contributed by atoms with Gasteiger partial charge >= 0.3 is 6.09 Å². The molecule has 1 heterocycles. The van der Waals surface area contributed by atoms with Gasteiger partial charge < -0.3 is 19.7 Å². The predicted molar refractivity (Wildman–Crippen MR) is 96.2 cm³/mol. The molecule has 24 heavy (non-hydrogen) atoms. The average molecular weight is 341 g/mol. The van der Waals surface area contributed by atoms with Crippen molar-refractivity contribution in [3.8, 4) is 0 Å². The van der Waals surface area contributed by atoms with Crippen molar-refractivity contribution in [1.82, 2.24) is 10.2 Å². The molecule has 0 aromatic heterocycles. The van der Waals surface area contributed by atoms with Crippen LogP contribution in [0, 0.1) is 5.41 Å². The van der Waals surface area contributed by atoms with Crippen LogP contribution in [0.4, 0.5) is 4.79 Å². The Labute approximate surface area is 147 Å². The van der Waals surface area contributed by atoms with E-state index in [2.05, 4.69) is 19.2 Å². The highest BCUT2D eigenvalue weighted by atomic mass is 16.6. The Morgan fingerprint density at radius 2 is 1.83 bits per heavy atom. The first-order chi connectivity index (χ1) is 11.1. The molecule has 140 valence electrons. The van der Waals surface area contributed by atoms with Gasteiger partial charge in [-0.1, -0.05) is 20.3 Å². The Balaban J connectivity index is 1.86. The molecule has 5 nitrogen and oxygen atoms in total. The highest BCUT2D eigenvalue weighted by molar-refractivity contribution is 5.68.